The Kier molecular flexibility index (Phi) is 3.07. The molecule has 0 saturated heterocycles. The smallest absolute Gasteiger partial charge is 0.332 e. The van der Waals surface area contributed by atoms with E-state index in [0.717, 1.165) is 6.42 Å². The second kappa shape index (κ2) is 3.93. The topological polar surface area (TPSA) is 108 Å². The molecule has 1 aliphatic carbocycles. The zero-order valence-corrected chi connectivity index (χ0v) is 8.03. The van der Waals surface area contributed by atoms with Crippen LogP contribution in [-0.2, 0) is 0 Å². The highest BCUT2D eigenvalue weighted by atomic mass is 16.3. The van der Waals surface area contributed by atoms with Crippen molar-refractivity contribution in [2.24, 2.45) is 10.8 Å². The summed E-state index contributed by atoms with van der Waals surface area (Å²) in [6, 6.07) is -0.782. The van der Waals surface area contributed by atoms with Gasteiger partial charge in [-0.1, -0.05) is 0 Å². The Morgan fingerprint density at radius 3 is 3.00 bits per heavy atom. The first-order chi connectivity index (χ1) is 6.43. The first kappa shape index (κ1) is 10.9. The van der Waals surface area contributed by atoms with Gasteiger partial charge in [0.05, 0.1) is 11.3 Å². The third kappa shape index (κ3) is 2.43. The highest BCUT2D eigenvalue weighted by molar-refractivity contribution is 5.91. The number of carbonyl (C=O) groups is 1. The van der Waals surface area contributed by atoms with Crippen LogP contribution in [0.5, 0.6) is 0 Å². The Morgan fingerprint density at radius 2 is 2.43 bits per heavy atom. The molecule has 2 unspecified atom stereocenters. The number of primary amides is 1. The molecule has 6 nitrogen and oxygen atoms in total. The van der Waals surface area contributed by atoms with E-state index in [2.05, 4.69) is 5.10 Å². The van der Waals surface area contributed by atoms with E-state index >= 15 is 0 Å². The SMILES string of the molecule is CC1(O)CCC/C(=N/NC(N)=O)C1O. The molecule has 0 aromatic carbocycles. The number of carbonyl (C=O) groups excluding carboxylic acids is 1. The first-order valence-electron chi connectivity index (χ1n) is 4.46. The van der Waals surface area contributed by atoms with Gasteiger partial charge < -0.3 is 15.9 Å². The summed E-state index contributed by atoms with van der Waals surface area (Å²) in [4.78, 5) is 10.4. The number of hydrazone groups is 1. The Morgan fingerprint density at radius 1 is 1.79 bits per heavy atom. The lowest BCUT2D eigenvalue weighted by Gasteiger charge is -2.34. The number of nitrogens with zero attached hydrogens (tertiary/aromatic N) is 1. The molecule has 0 aliphatic heterocycles. The van der Waals surface area contributed by atoms with Gasteiger partial charge in [-0.3, -0.25) is 0 Å². The van der Waals surface area contributed by atoms with Crippen LogP contribution in [0, 0.1) is 0 Å². The Labute approximate surface area is 81.8 Å². The van der Waals surface area contributed by atoms with E-state index in [4.69, 9.17) is 5.73 Å². The van der Waals surface area contributed by atoms with Gasteiger partial charge in [0.2, 0.25) is 0 Å². The van der Waals surface area contributed by atoms with Gasteiger partial charge in [0, 0.05) is 0 Å². The van der Waals surface area contributed by atoms with E-state index in [1.807, 2.05) is 5.43 Å². The van der Waals surface area contributed by atoms with E-state index in [1.165, 1.54) is 6.92 Å². The Hall–Kier alpha value is -1.14. The van der Waals surface area contributed by atoms with Crippen molar-refractivity contribution in [2.45, 2.75) is 37.9 Å². The molecule has 0 heterocycles. The van der Waals surface area contributed by atoms with Gasteiger partial charge in [-0.05, 0) is 26.2 Å². The number of rotatable bonds is 1. The number of hydrogen-bond acceptors (Lipinski definition) is 4. The largest absolute Gasteiger partial charge is 0.387 e. The zero-order chi connectivity index (χ0) is 10.8. The molecule has 14 heavy (non-hydrogen) atoms. The van der Waals surface area contributed by atoms with E-state index in [1.54, 1.807) is 0 Å². The van der Waals surface area contributed by atoms with Crippen molar-refractivity contribution in [1.29, 1.82) is 0 Å². The molecule has 5 N–H and O–H groups in total. The van der Waals surface area contributed by atoms with Crippen LogP contribution in [-0.4, -0.2) is 33.7 Å². The minimum absolute atomic E-state index is 0.361. The van der Waals surface area contributed by atoms with Crippen molar-refractivity contribution in [1.82, 2.24) is 5.43 Å². The molecule has 6 heteroatoms. The fraction of sp³-hybridized carbons (Fsp3) is 0.750. The van der Waals surface area contributed by atoms with E-state index in [-0.39, 0.29) is 0 Å². The number of nitrogens with two attached hydrogens (primary N) is 1. The van der Waals surface area contributed by atoms with Crippen LogP contribution < -0.4 is 11.2 Å². The number of amides is 2. The van der Waals surface area contributed by atoms with Crippen LogP contribution >= 0.6 is 0 Å². The summed E-state index contributed by atoms with van der Waals surface area (Å²) in [5.41, 5.74) is 6.05. The summed E-state index contributed by atoms with van der Waals surface area (Å²) in [6.07, 6.45) is 0.758. The predicted octanol–water partition coefficient (Wildman–Crippen LogP) is -0.693. The number of nitrogens with one attached hydrogen (secondary N) is 1. The maximum atomic E-state index is 10.4. The molecule has 1 saturated carbocycles. The van der Waals surface area contributed by atoms with Gasteiger partial charge in [-0.15, -0.1) is 0 Å². The highest BCUT2D eigenvalue weighted by Gasteiger charge is 2.37. The minimum atomic E-state index is -1.17. The van der Waals surface area contributed by atoms with Gasteiger partial charge >= 0.3 is 6.03 Å². The van der Waals surface area contributed by atoms with Crippen molar-refractivity contribution in [2.75, 3.05) is 0 Å². The van der Waals surface area contributed by atoms with Crippen LogP contribution in [0.4, 0.5) is 4.79 Å². The van der Waals surface area contributed by atoms with Gasteiger partial charge in [-0.2, -0.15) is 5.10 Å². The standard InChI is InChI=1S/C8H15N3O3/c1-8(14)4-2-3-5(6(8)12)10-11-7(9)13/h6,12,14H,2-4H2,1H3,(H3,9,11,13)/b10-5-. The summed E-state index contributed by atoms with van der Waals surface area (Å²) >= 11 is 0. The first-order valence-corrected chi connectivity index (χ1v) is 4.46. The molecule has 2 amide bonds. The third-order valence-electron chi connectivity index (χ3n) is 2.33. The van der Waals surface area contributed by atoms with Crippen molar-refractivity contribution in [3.05, 3.63) is 0 Å². The molecule has 1 rings (SSSR count). The Balaban J connectivity index is 2.69. The van der Waals surface area contributed by atoms with Gasteiger partial charge in [0.1, 0.15) is 6.10 Å². The number of urea groups is 1. The second-order valence-corrected chi connectivity index (χ2v) is 3.69. The quantitative estimate of drug-likeness (QED) is 0.421. The second-order valence-electron chi connectivity index (χ2n) is 3.69. The number of aliphatic hydroxyl groups is 2. The lowest BCUT2D eigenvalue weighted by Crippen LogP contribution is -2.48. The van der Waals surface area contributed by atoms with Crippen LogP contribution in [0.15, 0.2) is 5.10 Å². The van der Waals surface area contributed by atoms with E-state index in [0.29, 0.717) is 18.6 Å². The van der Waals surface area contributed by atoms with Gasteiger partial charge in [-0.25, -0.2) is 10.2 Å². The normalized spacial score (nSPS) is 35.6. The molecule has 0 aromatic heterocycles. The molecular weight excluding hydrogens is 186 g/mol. The van der Waals surface area contributed by atoms with E-state index < -0.39 is 17.7 Å². The van der Waals surface area contributed by atoms with Crippen LogP contribution in [0.2, 0.25) is 0 Å². The van der Waals surface area contributed by atoms with E-state index in [9.17, 15) is 15.0 Å². The third-order valence-corrected chi connectivity index (χ3v) is 2.33. The number of hydrogen-bond donors (Lipinski definition) is 4. The van der Waals surface area contributed by atoms with Crippen molar-refractivity contribution in [3.63, 3.8) is 0 Å². The minimum Gasteiger partial charge on any atom is -0.387 e. The summed E-state index contributed by atoms with van der Waals surface area (Å²) in [5, 5.41) is 23.0. The molecule has 80 valence electrons. The van der Waals surface area contributed by atoms with Gasteiger partial charge in [0.15, 0.2) is 0 Å². The molecular formula is C8H15N3O3. The average molecular weight is 201 g/mol. The fourth-order valence-electron chi connectivity index (χ4n) is 1.50. The molecule has 0 aromatic rings. The fourth-order valence-corrected chi connectivity index (χ4v) is 1.50. The summed E-state index contributed by atoms with van der Waals surface area (Å²) in [7, 11) is 0. The van der Waals surface area contributed by atoms with Crippen LogP contribution in [0.25, 0.3) is 0 Å². The monoisotopic (exact) mass is 201 g/mol. The highest BCUT2D eigenvalue weighted by Crippen LogP contribution is 2.26. The lowest BCUT2D eigenvalue weighted by atomic mass is 9.82. The molecule has 0 spiro atoms. The summed E-state index contributed by atoms with van der Waals surface area (Å²) in [6.45, 7) is 1.54. The lowest BCUT2D eigenvalue weighted by molar-refractivity contribution is -0.0431. The molecule has 0 radical (unpaired) electrons. The molecule has 2 atom stereocenters. The zero-order valence-electron chi connectivity index (χ0n) is 8.03. The van der Waals surface area contributed by atoms with Crippen molar-refractivity contribution < 1.29 is 15.0 Å². The average Bonchev–Trinajstić information content (AvgIpc) is 2.07. The van der Waals surface area contributed by atoms with Crippen molar-refractivity contribution >= 4 is 11.7 Å². The maximum absolute atomic E-state index is 10.4. The Bertz CT molecular complexity index is 263. The molecule has 1 fully saturated rings. The van der Waals surface area contributed by atoms with Crippen LogP contribution in [0.1, 0.15) is 26.2 Å². The van der Waals surface area contributed by atoms with Crippen molar-refractivity contribution in [3.8, 4) is 0 Å². The summed E-state index contributed by atoms with van der Waals surface area (Å²) < 4.78 is 0. The maximum Gasteiger partial charge on any atom is 0.332 e. The van der Waals surface area contributed by atoms with Gasteiger partial charge in [0.25, 0.3) is 0 Å². The predicted molar refractivity (Wildman–Crippen MR) is 50.6 cm³/mol. The number of aliphatic hydroxyl groups excluding tert-OH is 1. The molecule has 0 bridgehead atoms. The van der Waals surface area contributed by atoms with Crippen LogP contribution in [0.3, 0.4) is 0 Å². The molecule has 1 aliphatic rings. The summed E-state index contributed by atoms with van der Waals surface area (Å²) in [5.74, 6) is 0.